The van der Waals surface area contributed by atoms with E-state index in [0.29, 0.717) is 17.7 Å². The van der Waals surface area contributed by atoms with Crippen LogP contribution in [0.4, 0.5) is 13.2 Å². The van der Waals surface area contributed by atoms with Crippen LogP contribution in [0.25, 0.3) is 11.3 Å². The SMILES string of the molecule is CNCc1cc(-c2ccc(OCc3ccc(F)c(F)c3)cc2F)n(S(=O)(=O)c2cccnc2)c1. The Kier molecular flexibility index (Phi) is 6.71. The molecule has 2 heterocycles. The van der Waals surface area contributed by atoms with Crippen LogP contribution in [0.2, 0.25) is 0 Å². The minimum atomic E-state index is -4.03. The van der Waals surface area contributed by atoms with Gasteiger partial charge in [0.2, 0.25) is 0 Å². The topological polar surface area (TPSA) is 73.2 Å². The van der Waals surface area contributed by atoms with Crippen LogP contribution < -0.4 is 10.1 Å². The molecule has 34 heavy (non-hydrogen) atoms. The molecule has 0 atom stereocenters. The minimum absolute atomic E-state index is 0.0326. The van der Waals surface area contributed by atoms with Crippen molar-refractivity contribution < 1.29 is 26.3 Å². The highest BCUT2D eigenvalue weighted by Crippen LogP contribution is 2.31. The summed E-state index contributed by atoms with van der Waals surface area (Å²) in [7, 11) is -2.32. The van der Waals surface area contributed by atoms with Gasteiger partial charge < -0.3 is 10.1 Å². The molecule has 0 unspecified atom stereocenters. The molecule has 0 saturated carbocycles. The molecule has 0 aliphatic rings. The Balaban J connectivity index is 1.67. The van der Waals surface area contributed by atoms with E-state index in [4.69, 9.17) is 4.74 Å². The smallest absolute Gasteiger partial charge is 0.269 e. The monoisotopic (exact) mass is 487 g/mol. The van der Waals surface area contributed by atoms with Crippen LogP contribution in [0, 0.1) is 17.5 Å². The van der Waals surface area contributed by atoms with Crippen LogP contribution in [-0.4, -0.2) is 24.4 Å². The van der Waals surface area contributed by atoms with Crippen molar-refractivity contribution in [2.75, 3.05) is 7.05 Å². The first-order chi connectivity index (χ1) is 16.3. The van der Waals surface area contributed by atoms with Gasteiger partial charge in [-0.2, -0.15) is 0 Å². The van der Waals surface area contributed by atoms with E-state index in [2.05, 4.69) is 10.3 Å². The molecule has 1 N–H and O–H groups in total. The lowest BCUT2D eigenvalue weighted by molar-refractivity contribution is 0.303. The summed E-state index contributed by atoms with van der Waals surface area (Å²) in [6.07, 6.45) is 4.12. The summed E-state index contributed by atoms with van der Waals surface area (Å²) in [6, 6.07) is 11.8. The minimum Gasteiger partial charge on any atom is -0.489 e. The molecule has 4 rings (SSSR count). The Morgan fingerprint density at radius 1 is 0.971 bits per heavy atom. The second kappa shape index (κ2) is 9.70. The second-order valence-corrected chi connectivity index (χ2v) is 9.25. The van der Waals surface area contributed by atoms with Crippen molar-refractivity contribution in [3.8, 4) is 17.0 Å². The summed E-state index contributed by atoms with van der Waals surface area (Å²) < 4.78 is 74.6. The molecule has 4 aromatic rings. The number of halogens is 3. The Morgan fingerprint density at radius 3 is 2.47 bits per heavy atom. The normalized spacial score (nSPS) is 11.5. The molecule has 0 fully saturated rings. The van der Waals surface area contributed by atoms with Crippen molar-refractivity contribution in [2.24, 2.45) is 0 Å². The number of hydrogen-bond donors (Lipinski definition) is 1. The molecular weight excluding hydrogens is 467 g/mol. The standard InChI is InChI=1S/C24H20F3N3O3S/c1-28-12-17-10-24(30(14-17)34(31,32)19-3-2-8-29-13-19)20-6-5-18(11-22(20)26)33-15-16-4-7-21(25)23(27)9-16/h2-11,13-14,28H,12,15H2,1H3. The lowest BCUT2D eigenvalue weighted by Gasteiger charge is -2.12. The van der Waals surface area contributed by atoms with E-state index < -0.39 is 27.5 Å². The van der Waals surface area contributed by atoms with Gasteiger partial charge in [0.1, 0.15) is 23.1 Å². The second-order valence-electron chi connectivity index (χ2n) is 7.43. The third kappa shape index (κ3) is 4.82. The molecule has 6 nitrogen and oxygen atoms in total. The zero-order valence-electron chi connectivity index (χ0n) is 18.0. The molecule has 10 heteroatoms. The highest BCUT2D eigenvalue weighted by atomic mass is 32.2. The molecule has 0 bridgehead atoms. The average Bonchev–Trinajstić information content (AvgIpc) is 3.25. The van der Waals surface area contributed by atoms with Crippen LogP contribution >= 0.6 is 0 Å². The Morgan fingerprint density at radius 2 is 1.79 bits per heavy atom. The average molecular weight is 488 g/mol. The number of benzene rings is 2. The Labute approximate surface area is 194 Å². The number of ether oxygens (including phenoxy) is 1. The molecule has 2 aromatic heterocycles. The first-order valence-electron chi connectivity index (χ1n) is 10.2. The van der Waals surface area contributed by atoms with Gasteiger partial charge >= 0.3 is 0 Å². The van der Waals surface area contributed by atoms with Crippen LogP contribution in [0.15, 0.2) is 78.1 Å². The van der Waals surface area contributed by atoms with Gasteiger partial charge in [0.05, 0.1) is 5.69 Å². The van der Waals surface area contributed by atoms with Crippen molar-refractivity contribution >= 4 is 10.0 Å². The van der Waals surface area contributed by atoms with E-state index in [1.165, 1.54) is 48.9 Å². The fraction of sp³-hybridized carbons (Fsp3) is 0.125. The van der Waals surface area contributed by atoms with Gasteiger partial charge in [0, 0.05) is 36.8 Å². The Bertz CT molecular complexity index is 1420. The first kappa shape index (κ1) is 23.5. The maximum absolute atomic E-state index is 15.1. The summed E-state index contributed by atoms with van der Waals surface area (Å²) in [4.78, 5) is 3.83. The first-order valence-corrected chi connectivity index (χ1v) is 11.6. The van der Waals surface area contributed by atoms with E-state index >= 15 is 4.39 Å². The molecular formula is C24H20F3N3O3S. The van der Waals surface area contributed by atoms with Crippen LogP contribution in [0.3, 0.4) is 0 Å². The van der Waals surface area contributed by atoms with Gasteiger partial charge in [-0.25, -0.2) is 25.6 Å². The van der Waals surface area contributed by atoms with E-state index in [-0.39, 0.29) is 28.5 Å². The lowest BCUT2D eigenvalue weighted by Crippen LogP contribution is -2.14. The van der Waals surface area contributed by atoms with Crippen molar-refractivity contribution in [3.63, 3.8) is 0 Å². The predicted octanol–water partition coefficient (Wildman–Crippen LogP) is 4.50. The van der Waals surface area contributed by atoms with Gasteiger partial charge in [-0.05, 0) is 60.6 Å². The van der Waals surface area contributed by atoms with Crippen LogP contribution in [-0.2, 0) is 23.2 Å². The molecule has 0 aliphatic heterocycles. The van der Waals surface area contributed by atoms with Crippen LogP contribution in [0.1, 0.15) is 11.1 Å². The summed E-state index contributed by atoms with van der Waals surface area (Å²) in [5.41, 5.74) is 1.20. The summed E-state index contributed by atoms with van der Waals surface area (Å²) in [5, 5.41) is 2.95. The zero-order valence-corrected chi connectivity index (χ0v) is 18.8. The fourth-order valence-electron chi connectivity index (χ4n) is 3.40. The number of hydrogen-bond acceptors (Lipinski definition) is 5. The fourth-order valence-corrected chi connectivity index (χ4v) is 4.75. The van der Waals surface area contributed by atoms with Gasteiger partial charge in [0.15, 0.2) is 11.6 Å². The summed E-state index contributed by atoms with van der Waals surface area (Å²) in [6.45, 7) is 0.271. The van der Waals surface area contributed by atoms with Crippen molar-refractivity contribution in [2.45, 2.75) is 18.0 Å². The van der Waals surface area contributed by atoms with Crippen molar-refractivity contribution in [1.29, 1.82) is 0 Å². The Hall–Kier alpha value is -3.63. The van der Waals surface area contributed by atoms with Gasteiger partial charge in [-0.15, -0.1) is 0 Å². The molecule has 0 amide bonds. The molecule has 0 saturated heterocycles. The maximum atomic E-state index is 15.1. The molecule has 0 aliphatic carbocycles. The largest absolute Gasteiger partial charge is 0.489 e. The van der Waals surface area contributed by atoms with E-state index in [0.717, 1.165) is 22.2 Å². The van der Waals surface area contributed by atoms with Crippen LogP contribution in [0.5, 0.6) is 5.75 Å². The molecule has 176 valence electrons. The highest BCUT2D eigenvalue weighted by molar-refractivity contribution is 7.90. The van der Waals surface area contributed by atoms with Gasteiger partial charge in [0.25, 0.3) is 10.0 Å². The highest BCUT2D eigenvalue weighted by Gasteiger charge is 2.23. The van der Waals surface area contributed by atoms with E-state index in [1.807, 2.05) is 0 Å². The van der Waals surface area contributed by atoms with E-state index in [1.54, 1.807) is 13.1 Å². The number of nitrogens with one attached hydrogen (secondary N) is 1. The van der Waals surface area contributed by atoms with Gasteiger partial charge in [-0.3, -0.25) is 4.98 Å². The van der Waals surface area contributed by atoms with Gasteiger partial charge in [-0.1, -0.05) is 6.07 Å². The maximum Gasteiger partial charge on any atom is 0.269 e. The summed E-state index contributed by atoms with van der Waals surface area (Å²) >= 11 is 0. The third-order valence-electron chi connectivity index (χ3n) is 5.02. The molecule has 2 aromatic carbocycles. The number of nitrogens with zero attached hydrogens (tertiary/aromatic N) is 2. The molecule has 0 spiro atoms. The zero-order chi connectivity index (χ0) is 24.3. The molecule has 0 radical (unpaired) electrons. The van der Waals surface area contributed by atoms with E-state index in [9.17, 15) is 17.2 Å². The predicted molar refractivity (Wildman–Crippen MR) is 120 cm³/mol. The van der Waals surface area contributed by atoms with Crippen molar-refractivity contribution in [1.82, 2.24) is 14.3 Å². The van der Waals surface area contributed by atoms with Crippen molar-refractivity contribution in [3.05, 3.63) is 102 Å². The third-order valence-corrected chi connectivity index (χ3v) is 6.68. The number of aromatic nitrogens is 2. The quantitative estimate of drug-likeness (QED) is 0.396. The summed E-state index contributed by atoms with van der Waals surface area (Å²) in [5.74, 6) is -2.54. The lowest BCUT2D eigenvalue weighted by atomic mass is 10.1. The number of rotatable bonds is 8. The number of pyridine rings is 1.